The molecule has 0 aliphatic carbocycles. The van der Waals surface area contributed by atoms with Gasteiger partial charge in [-0.15, -0.1) is 0 Å². The Morgan fingerprint density at radius 2 is 1.76 bits per heavy atom. The molecule has 29 heavy (non-hydrogen) atoms. The minimum atomic E-state index is -4.39. The second-order valence-corrected chi connectivity index (χ2v) is 6.75. The van der Waals surface area contributed by atoms with Crippen molar-refractivity contribution in [3.63, 3.8) is 0 Å². The molecular weight excluding hydrogens is 457 g/mol. The lowest BCUT2D eigenvalue weighted by molar-refractivity contribution is -0.137. The monoisotopic (exact) mass is 476 g/mol. The number of hydrogen-bond acceptors (Lipinski definition) is 4. The SMILES string of the molecule is COc1cc(CNC(=O)NCc2ccc(C(F)(F)F)cc2)c(Br)cc1OCCO. The summed E-state index contributed by atoms with van der Waals surface area (Å²) in [5.41, 5.74) is 0.528. The largest absolute Gasteiger partial charge is 0.493 e. The Bertz CT molecular complexity index is 829. The summed E-state index contributed by atoms with van der Waals surface area (Å²) in [6, 6.07) is 7.46. The fourth-order valence-corrected chi connectivity index (χ4v) is 2.84. The highest BCUT2D eigenvalue weighted by atomic mass is 79.9. The number of hydrogen-bond donors (Lipinski definition) is 3. The summed E-state index contributed by atoms with van der Waals surface area (Å²) >= 11 is 3.39. The Labute approximate surface area is 174 Å². The smallest absolute Gasteiger partial charge is 0.416 e. The average molecular weight is 477 g/mol. The van der Waals surface area contributed by atoms with E-state index in [9.17, 15) is 18.0 Å². The van der Waals surface area contributed by atoms with E-state index in [1.54, 1.807) is 12.1 Å². The molecule has 0 unspecified atom stereocenters. The molecule has 0 spiro atoms. The third-order valence-electron chi connectivity index (χ3n) is 3.86. The Balaban J connectivity index is 1.90. The first-order valence-electron chi connectivity index (χ1n) is 8.52. The zero-order chi connectivity index (χ0) is 21.4. The quantitative estimate of drug-likeness (QED) is 0.540. The number of aliphatic hydroxyl groups is 1. The topological polar surface area (TPSA) is 79.8 Å². The lowest BCUT2D eigenvalue weighted by Crippen LogP contribution is -2.34. The first kappa shape index (κ1) is 22.8. The van der Waals surface area contributed by atoms with Crippen molar-refractivity contribution >= 4 is 22.0 Å². The first-order valence-corrected chi connectivity index (χ1v) is 9.31. The normalized spacial score (nSPS) is 11.1. The zero-order valence-electron chi connectivity index (χ0n) is 15.5. The van der Waals surface area contributed by atoms with Crippen LogP contribution in [0.15, 0.2) is 40.9 Å². The van der Waals surface area contributed by atoms with Gasteiger partial charge in [0.2, 0.25) is 0 Å². The molecule has 0 aromatic heterocycles. The van der Waals surface area contributed by atoms with Gasteiger partial charge in [-0.1, -0.05) is 28.1 Å². The van der Waals surface area contributed by atoms with Crippen LogP contribution in [0, 0.1) is 0 Å². The summed E-state index contributed by atoms with van der Waals surface area (Å²) in [7, 11) is 1.48. The molecule has 158 valence electrons. The fourth-order valence-electron chi connectivity index (χ4n) is 2.37. The van der Waals surface area contributed by atoms with Crippen molar-refractivity contribution in [1.29, 1.82) is 0 Å². The predicted octanol–water partition coefficient (Wildman–Crippen LogP) is 3.85. The number of alkyl halides is 3. The van der Waals surface area contributed by atoms with Gasteiger partial charge in [-0.3, -0.25) is 0 Å². The van der Waals surface area contributed by atoms with Gasteiger partial charge < -0.3 is 25.2 Å². The molecule has 0 atom stereocenters. The molecule has 0 bridgehead atoms. The van der Waals surface area contributed by atoms with Gasteiger partial charge in [0.25, 0.3) is 0 Å². The molecule has 0 saturated carbocycles. The van der Waals surface area contributed by atoms with Crippen LogP contribution in [0.5, 0.6) is 11.5 Å². The van der Waals surface area contributed by atoms with E-state index < -0.39 is 17.8 Å². The molecule has 2 rings (SSSR count). The van der Waals surface area contributed by atoms with Crippen molar-refractivity contribution in [2.24, 2.45) is 0 Å². The van der Waals surface area contributed by atoms with E-state index in [4.69, 9.17) is 14.6 Å². The van der Waals surface area contributed by atoms with Crippen LogP contribution in [0.25, 0.3) is 0 Å². The summed E-state index contributed by atoms with van der Waals surface area (Å²) in [6.45, 7) is 0.244. The summed E-state index contributed by atoms with van der Waals surface area (Å²) < 4.78 is 49.0. The first-order chi connectivity index (χ1) is 13.7. The van der Waals surface area contributed by atoms with Gasteiger partial charge in [0.15, 0.2) is 11.5 Å². The van der Waals surface area contributed by atoms with E-state index in [1.165, 1.54) is 19.2 Å². The third kappa shape index (κ3) is 6.82. The third-order valence-corrected chi connectivity index (χ3v) is 4.59. The maximum absolute atomic E-state index is 12.6. The van der Waals surface area contributed by atoms with Crippen LogP contribution in [0.1, 0.15) is 16.7 Å². The maximum Gasteiger partial charge on any atom is 0.416 e. The van der Waals surface area contributed by atoms with Gasteiger partial charge in [0.05, 0.1) is 19.3 Å². The van der Waals surface area contributed by atoms with E-state index in [1.807, 2.05) is 0 Å². The minimum absolute atomic E-state index is 0.0857. The van der Waals surface area contributed by atoms with Crippen LogP contribution in [-0.4, -0.2) is 31.5 Å². The van der Waals surface area contributed by atoms with E-state index >= 15 is 0 Å². The van der Waals surface area contributed by atoms with Crippen LogP contribution in [0.4, 0.5) is 18.0 Å². The molecule has 0 aliphatic heterocycles. The van der Waals surface area contributed by atoms with Crippen LogP contribution in [0.2, 0.25) is 0 Å². The van der Waals surface area contributed by atoms with Crippen molar-refractivity contribution in [2.45, 2.75) is 19.3 Å². The number of methoxy groups -OCH3 is 1. The molecule has 2 amide bonds. The van der Waals surface area contributed by atoms with E-state index in [0.29, 0.717) is 21.5 Å². The highest BCUT2D eigenvalue weighted by Gasteiger charge is 2.29. The van der Waals surface area contributed by atoms with E-state index in [-0.39, 0.29) is 26.3 Å². The number of benzene rings is 2. The highest BCUT2D eigenvalue weighted by Crippen LogP contribution is 2.33. The molecule has 0 saturated heterocycles. The van der Waals surface area contributed by atoms with Crippen LogP contribution >= 0.6 is 15.9 Å². The highest BCUT2D eigenvalue weighted by molar-refractivity contribution is 9.10. The molecule has 2 aromatic rings. The molecular formula is C19H20BrF3N2O4. The molecule has 10 heteroatoms. The molecule has 0 aliphatic rings. The predicted molar refractivity (Wildman–Crippen MR) is 104 cm³/mol. The van der Waals surface area contributed by atoms with Crippen molar-refractivity contribution in [3.8, 4) is 11.5 Å². The van der Waals surface area contributed by atoms with Gasteiger partial charge >= 0.3 is 12.2 Å². The minimum Gasteiger partial charge on any atom is -0.493 e. The lowest BCUT2D eigenvalue weighted by atomic mass is 10.1. The average Bonchev–Trinajstić information content (AvgIpc) is 2.69. The second kappa shape index (κ2) is 10.4. The van der Waals surface area contributed by atoms with Crippen molar-refractivity contribution < 1.29 is 32.5 Å². The van der Waals surface area contributed by atoms with Crippen molar-refractivity contribution in [3.05, 3.63) is 57.6 Å². The summed E-state index contributed by atoms with van der Waals surface area (Å²) in [6.07, 6.45) is -4.39. The lowest BCUT2D eigenvalue weighted by Gasteiger charge is -2.14. The molecule has 3 N–H and O–H groups in total. The van der Waals surface area contributed by atoms with E-state index in [2.05, 4.69) is 26.6 Å². The number of aliphatic hydroxyl groups excluding tert-OH is 1. The van der Waals surface area contributed by atoms with Gasteiger partial charge in [-0.2, -0.15) is 13.2 Å². The molecule has 0 radical (unpaired) electrons. The summed E-state index contributed by atoms with van der Waals surface area (Å²) in [5.74, 6) is 0.896. The number of carbonyl (C=O) groups excluding carboxylic acids is 1. The number of nitrogens with one attached hydrogen (secondary N) is 2. The van der Waals surface area contributed by atoms with Crippen LogP contribution < -0.4 is 20.1 Å². The van der Waals surface area contributed by atoms with Gasteiger partial charge in [-0.05, 0) is 35.4 Å². The van der Waals surface area contributed by atoms with Crippen LogP contribution in [0.3, 0.4) is 0 Å². The number of amides is 2. The van der Waals surface area contributed by atoms with Gasteiger partial charge in [0, 0.05) is 17.6 Å². The fraction of sp³-hybridized carbons (Fsp3) is 0.316. The number of carbonyl (C=O) groups is 1. The zero-order valence-corrected chi connectivity index (χ0v) is 17.1. The number of rotatable bonds is 8. The molecule has 0 fully saturated rings. The number of halogens is 4. The van der Waals surface area contributed by atoms with Crippen molar-refractivity contribution in [1.82, 2.24) is 10.6 Å². The van der Waals surface area contributed by atoms with E-state index in [0.717, 1.165) is 17.7 Å². The number of ether oxygens (including phenoxy) is 2. The Morgan fingerprint density at radius 3 is 2.34 bits per heavy atom. The Morgan fingerprint density at radius 1 is 1.10 bits per heavy atom. The Kier molecular flexibility index (Phi) is 8.15. The molecule has 0 heterocycles. The standard InChI is InChI=1S/C19H20BrF3N2O4/c1-28-16-8-13(15(20)9-17(16)29-7-6-26)11-25-18(27)24-10-12-2-4-14(5-3-12)19(21,22)23/h2-5,8-9,26H,6-7,10-11H2,1H3,(H2,24,25,27). The molecule has 6 nitrogen and oxygen atoms in total. The molecule has 2 aromatic carbocycles. The second-order valence-electron chi connectivity index (χ2n) is 5.90. The van der Waals surface area contributed by atoms with Gasteiger partial charge in [-0.25, -0.2) is 4.79 Å². The van der Waals surface area contributed by atoms with Crippen LogP contribution in [-0.2, 0) is 19.3 Å². The Hall–Kier alpha value is -2.46. The number of urea groups is 1. The van der Waals surface area contributed by atoms with Crippen molar-refractivity contribution in [2.75, 3.05) is 20.3 Å². The maximum atomic E-state index is 12.6. The summed E-state index contributed by atoms with van der Waals surface area (Å²) in [4.78, 5) is 12.0. The van der Waals surface area contributed by atoms with Gasteiger partial charge in [0.1, 0.15) is 6.61 Å². The summed E-state index contributed by atoms with van der Waals surface area (Å²) in [5, 5.41) is 14.1.